The average molecular weight is 325 g/mol. The van der Waals surface area contributed by atoms with Gasteiger partial charge in [-0.3, -0.25) is 14.2 Å². The summed E-state index contributed by atoms with van der Waals surface area (Å²) >= 11 is 0. The molecule has 0 bridgehead atoms. The van der Waals surface area contributed by atoms with Crippen LogP contribution in [0, 0.1) is 0 Å². The quantitative estimate of drug-likeness (QED) is 0.744. The van der Waals surface area contributed by atoms with Crippen LogP contribution in [0.1, 0.15) is 16.8 Å². The number of oxazole rings is 1. The van der Waals surface area contributed by atoms with Gasteiger partial charge in [-0.05, 0) is 36.4 Å². The lowest BCUT2D eigenvalue weighted by Gasteiger charge is -2.06. The van der Waals surface area contributed by atoms with E-state index in [1.54, 1.807) is 36.4 Å². The number of hydrogen-bond acceptors (Lipinski definition) is 4. The molecule has 0 aliphatic rings. The van der Waals surface area contributed by atoms with Crippen LogP contribution in [0.25, 0.3) is 11.1 Å². The highest BCUT2D eigenvalue weighted by Crippen LogP contribution is 2.13. The normalized spacial score (nSPS) is 10.7. The minimum absolute atomic E-state index is 0.112. The van der Waals surface area contributed by atoms with E-state index < -0.39 is 11.7 Å². The molecule has 0 aliphatic carbocycles. The molecule has 0 saturated heterocycles. The Balaban J connectivity index is 1.66. The first-order valence-electron chi connectivity index (χ1n) is 7.33. The van der Waals surface area contributed by atoms with Gasteiger partial charge < -0.3 is 15.5 Å². The molecule has 0 saturated carbocycles. The van der Waals surface area contributed by atoms with Crippen molar-refractivity contribution in [3.63, 3.8) is 0 Å². The Bertz CT molecular complexity index is 954. The second-order valence-electron chi connectivity index (χ2n) is 5.23. The Morgan fingerprint density at radius 1 is 1.08 bits per heavy atom. The van der Waals surface area contributed by atoms with Crippen LogP contribution in [-0.2, 0) is 11.3 Å². The Kier molecular flexibility index (Phi) is 4.15. The smallest absolute Gasteiger partial charge is 0.408 e. The van der Waals surface area contributed by atoms with Crippen LogP contribution in [0.4, 0.5) is 5.69 Å². The number of carbonyl (C=O) groups excluding carboxylic acids is 2. The molecule has 24 heavy (non-hydrogen) atoms. The van der Waals surface area contributed by atoms with E-state index in [4.69, 9.17) is 10.2 Å². The van der Waals surface area contributed by atoms with Crippen molar-refractivity contribution in [2.75, 3.05) is 5.32 Å². The molecule has 0 unspecified atom stereocenters. The summed E-state index contributed by atoms with van der Waals surface area (Å²) in [5, 5.41) is 2.70. The zero-order chi connectivity index (χ0) is 17.1. The number of benzene rings is 2. The predicted octanol–water partition coefficient (Wildman–Crippen LogP) is 1.72. The van der Waals surface area contributed by atoms with Crippen molar-refractivity contribution < 1.29 is 14.0 Å². The summed E-state index contributed by atoms with van der Waals surface area (Å²) in [6.07, 6.45) is 0.112. The fourth-order valence-electron chi connectivity index (χ4n) is 2.38. The molecule has 0 atom stereocenters. The number of nitrogens with zero attached hydrogens (tertiary/aromatic N) is 1. The van der Waals surface area contributed by atoms with Gasteiger partial charge in [-0.1, -0.05) is 12.1 Å². The Morgan fingerprint density at radius 2 is 1.79 bits per heavy atom. The summed E-state index contributed by atoms with van der Waals surface area (Å²) in [6.45, 7) is 0.209. The number of aromatic nitrogens is 1. The Labute approximate surface area is 136 Å². The maximum atomic E-state index is 12.0. The molecule has 2 aromatic carbocycles. The lowest BCUT2D eigenvalue weighted by Crippen LogP contribution is -2.20. The number of primary amides is 1. The van der Waals surface area contributed by atoms with Crippen molar-refractivity contribution in [3.05, 3.63) is 64.6 Å². The molecule has 1 aromatic heterocycles. The van der Waals surface area contributed by atoms with Gasteiger partial charge in [0.1, 0.15) is 0 Å². The third kappa shape index (κ3) is 3.19. The van der Waals surface area contributed by atoms with Crippen LogP contribution in [-0.4, -0.2) is 16.4 Å². The summed E-state index contributed by atoms with van der Waals surface area (Å²) < 4.78 is 6.54. The molecule has 7 nitrogen and oxygen atoms in total. The number of para-hydroxylation sites is 2. The summed E-state index contributed by atoms with van der Waals surface area (Å²) in [4.78, 5) is 34.9. The Hall–Kier alpha value is -3.35. The zero-order valence-corrected chi connectivity index (χ0v) is 12.7. The summed E-state index contributed by atoms with van der Waals surface area (Å²) in [5.41, 5.74) is 7.22. The summed E-state index contributed by atoms with van der Waals surface area (Å²) in [5.74, 6) is -1.27. The first-order chi connectivity index (χ1) is 11.5. The van der Waals surface area contributed by atoms with E-state index in [0.29, 0.717) is 22.4 Å². The average Bonchev–Trinajstić information content (AvgIpc) is 2.88. The molecule has 3 aromatic rings. The lowest BCUT2D eigenvalue weighted by molar-refractivity contribution is -0.116. The van der Waals surface area contributed by atoms with E-state index >= 15 is 0 Å². The van der Waals surface area contributed by atoms with E-state index in [1.807, 2.05) is 0 Å². The number of carbonyl (C=O) groups is 2. The maximum Gasteiger partial charge on any atom is 0.419 e. The largest absolute Gasteiger partial charge is 0.419 e. The molecule has 3 N–H and O–H groups in total. The Morgan fingerprint density at radius 3 is 2.50 bits per heavy atom. The highest BCUT2D eigenvalue weighted by atomic mass is 16.4. The van der Waals surface area contributed by atoms with Crippen LogP contribution in [0.5, 0.6) is 0 Å². The molecule has 0 radical (unpaired) electrons. The third-order valence-electron chi connectivity index (χ3n) is 3.59. The molecule has 122 valence electrons. The van der Waals surface area contributed by atoms with Gasteiger partial charge in [-0.2, -0.15) is 0 Å². The highest BCUT2D eigenvalue weighted by molar-refractivity contribution is 5.94. The third-order valence-corrected chi connectivity index (χ3v) is 3.59. The van der Waals surface area contributed by atoms with Crippen LogP contribution < -0.4 is 16.8 Å². The molecule has 7 heteroatoms. The van der Waals surface area contributed by atoms with Gasteiger partial charge in [0, 0.05) is 24.2 Å². The van der Waals surface area contributed by atoms with Crippen molar-refractivity contribution >= 4 is 28.6 Å². The molecular formula is C17H15N3O4. The van der Waals surface area contributed by atoms with Gasteiger partial charge >= 0.3 is 5.76 Å². The number of aryl methyl sites for hydroxylation is 1. The van der Waals surface area contributed by atoms with Crippen molar-refractivity contribution in [3.8, 4) is 0 Å². The SMILES string of the molecule is NC(=O)c1ccc(NC(=O)CCn2c(=O)oc3ccccc32)cc1. The molecule has 0 spiro atoms. The van der Waals surface area contributed by atoms with Gasteiger partial charge in [0.15, 0.2) is 5.58 Å². The van der Waals surface area contributed by atoms with Crippen LogP contribution >= 0.6 is 0 Å². The van der Waals surface area contributed by atoms with Crippen molar-refractivity contribution in [2.45, 2.75) is 13.0 Å². The number of fused-ring (bicyclic) bond motifs is 1. The van der Waals surface area contributed by atoms with E-state index in [-0.39, 0.29) is 18.9 Å². The predicted molar refractivity (Wildman–Crippen MR) is 88.7 cm³/mol. The highest BCUT2D eigenvalue weighted by Gasteiger charge is 2.10. The van der Waals surface area contributed by atoms with Crippen molar-refractivity contribution in [2.24, 2.45) is 5.73 Å². The monoisotopic (exact) mass is 325 g/mol. The van der Waals surface area contributed by atoms with Crippen molar-refractivity contribution in [1.82, 2.24) is 4.57 Å². The second kappa shape index (κ2) is 6.41. The van der Waals surface area contributed by atoms with E-state index in [9.17, 15) is 14.4 Å². The van der Waals surface area contributed by atoms with Crippen LogP contribution in [0.15, 0.2) is 57.7 Å². The first-order valence-corrected chi connectivity index (χ1v) is 7.33. The molecule has 3 rings (SSSR count). The van der Waals surface area contributed by atoms with Crippen LogP contribution in [0.3, 0.4) is 0 Å². The topological polar surface area (TPSA) is 107 Å². The van der Waals surface area contributed by atoms with Gasteiger partial charge in [0.2, 0.25) is 11.8 Å². The van der Waals surface area contributed by atoms with Crippen molar-refractivity contribution in [1.29, 1.82) is 0 Å². The number of anilines is 1. The number of hydrogen-bond donors (Lipinski definition) is 2. The minimum Gasteiger partial charge on any atom is -0.408 e. The van der Waals surface area contributed by atoms with Gasteiger partial charge in [-0.15, -0.1) is 0 Å². The second-order valence-corrected chi connectivity index (χ2v) is 5.23. The lowest BCUT2D eigenvalue weighted by atomic mass is 10.2. The number of nitrogens with one attached hydrogen (secondary N) is 1. The van der Waals surface area contributed by atoms with Gasteiger partial charge in [-0.25, -0.2) is 4.79 Å². The fraction of sp³-hybridized carbons (Fsp3) is 0.118. The molecule has 2 amide bonds. The van der Waals surface area contributed by atoms with Gasteiger partial charge in [0.25, 0.3) is 0 Å². The molecule has 0 fully saturated rings. The number of rotatable bonds is 5. The molecule has 1 heterocycles. The van der Waals surface area contributed by atoms with Crippen LogP contribution in [0.2, 0.25) is 0 Å². The number of nitrogens with two attached hydrogens (primary N) is 1. The van der Waals surface area contributed by atoms with Gasteiger partial charge in [0.05, 0.1) is 5.52 Å². The molecule has 0 aliphatic heterocycles. The zero-order valence-electron chi connectivity index (χ0n) is 12.7. The van der Waals surface area contributed by atoms with E-state index in [1.165, 1.54) is 16.7 Å². The molecular weight excluding hydrogens is 310 g/mol. The standard InChI is InChI=1S/C17H15N3O4/c18-16(22)11-5-7-12(8-6-11)19-15(21)9-10-20-13-3-1-2-4-14(13)24-17(20)23/h1-8H,9-10H2,(H2,18,22)(H,19,21). The first kappa shape index (κ1) is 15.5. The summed E-state index contributed by atoms with van der Waals surface area (Å²) in [7, 11) is 0. The fourth-order valence-corrected chi connectivity index (χ4v) is 2.38. The van der Waals surface area contributed by atoms with E-state index in [0.717, 1.165) is 0 Å². The minimum atomic E-state index is -0.529. The van der Waals surface area contributed by atoms with E-state index in [2.05, 4.69) is 5.32 Å². The summed E-state index contributed by atoms with van der Waals surface area (Å²) in [6, 6.07) is 13.3. The number of amides is 2. The maximum absolute atomic E-state index is 12.0.